The molecule has 7 nitrogen and oxygen atoms in total. The van der Waals surface area contributed by atoms with E-state index in [0.29, 0.717) is 22.7 Å². The zero-order valence-electron chi connectivity index (χ0n) is 14.9. The van der Waals surface area contributed by atoms with Gasteiger partial charge in [0, 0.05) is 17.0 Å². The number of rotatable bonds is 6. The molecule has 142 valence electrons. The van der Waals surface area contributed by atoms with Gasteiger partial charge in [0.05, 0.1) is 7.11 Å². The number of ether oxygens (including phenoxy) is 2. The van der Waals surface area contributed by atoms with Crippen LogP contribution in [0.4, 0.5) is 0 Å². The lowest BCUT2D eigenvalue weighted by molar-refractivity contribution is -0.146. The summed E-state index contributed by atoms with van der Waals surface area (Å²) in [4.78, 5) is 27.7. The molecule has 3 rings (SSSR count). The van der Waals surface area contributed by atoms with Crippen LogP contribution in [-0.2, 0) is 16.1 Å². The number of nitrogens with zero attached hydrogens (tertiary/aromatic N) is 1. The molecule has 27 heavy (non-hydrogen) atoms. The van der Waals surface area contributed by atoms with Gasteiger partial charge in [-0.05, 0) is 55.8 Å². The Hall–Kier alpha value is -2.71. The van der Waals surface area contributed by atoms with Crippen molar-refractivity contribution < 1.29 is 19.1 Å². The van der Waals surface area contributed by atoms with E-state index in [1.165, 1.54) is 18.4 Å². The van der Waals surface area contributed by atoms with E-state index in [9.17, 15) is 9.59 Å². The Labute approximate surface area is 161 Å². The molecule has 0 bridgehead atoms. The Morgan fingerprint density at radius 3 is 2.67 bits per heavy atom. The van der Waals surface area contributed by atoms with E-state index < -0.39 is 5.97 Å². The van der Waals surface area contributed by atoms with Crippen LogP contribution in [-0.4, -0.2) is 42.4 Å². The molecule has 3 N–H and O–H groups in total. The van der Waals surface area contributed by atoms with Gasteiger partial charge in [0.15, 0.2) is 0 Å². The van der Waals surface area contributed by atoms with Crippen LogP contribution in [0, 0.1) is 5.41 Å². The fourth-order valence-corrected chi connectivity index (χ4v) is 3.96. The first kappa shape index (κ1) is 19.1. The molecule has 1 aliphatic rings. The summed E-state index contributed by atoms with van der Waals surface area (Å²) in [6, 6.07) is 9.87. The van der Waals surface area contributed by atoms with E-state index in [0.717, 1.165) is 24.3 Å². The van der Waals surface area contributed by atoms with Crippen molar-refractivity contribution >= 4 is 29.1 Å². The van der Waals surface area contributed by atoms with Crippen molar-refractivity contribution in [2.75, 3.05) is 13.7 Å². The van der Waals surface area contributed by atoms with Crippen molar-refractivity contribution in [2.45, 2.75) is 25.4 Å². The largest absolute Gasteiger partial charge is 0.468 e. The van der Waals surface area contributed by atoms with Crippen molar-refractivity contribution in [1.82, 2.24) is 4.90 Å². The van der Waals surface area contributed by atoms with Gasteiger partial charge >= 0.3 is 11.9 Å². The number of hydrogen-bond donors (Lipinski definition) is 2. The van der Waals surface area contributed by atoms with Gasteiger partial charge in [-0.3, -0.25) is 15.1 Å². The van der Waals surface area contributed by atoms with Crippen LogP contribution in [0.25, 0.3) is 0 Å². The SMILES string of the molecule is COC(=O)[C@@H]1CCCN1Cc1ccc(C(=O)Oc2ccc(C(=N)N)cc2)s1. The number of hydrogen-bond acceptors (Lipinski definition) is 7. The molecule has 1 aromatic carbocycles. The average Bonchev–Trinajstić information content (AvgIpc) is 3.31. The summed E-state index contributed by atoms with van der Waals surface area (Å²) in [5.74, 6) is -0.293. The molecule has 2 aromatic rings. The topological polar surface area (TPSA) is 106 Å². The van der Waals surface area contributed by atoms with Crippen LogP contribution in [0.1, 0.15) is 33.0 Å². The summed E-state index contributed by atoms with van der Waals surface area (Å²) < 4.78 is 10.2. The van der Waals surface area contributed by atoms with E-state index in [-0.39, 0.29) is 17.8 Å². The van der Waals surface area contributed by atoms with Crippen molar-refractivity contribution in [3.8, 4) is 5.75 Å². The number of nitrogens with two attached hydrogens (primary N) is 1. The first-order valence-electron chi connectivity index (χ1n) is 8.55. The van der Waals surface area contributed by atoms with Gasteiger partial charge in [0.25, 0.3) is 0 Å². The van der Waals surface area contributed by atoms with Crippen LogP contribution in [0.5, 0.6) is 5.75 Å². The quantitative estimate of drug-likeness (QED) is 0.341. The number of carbonyl (C=O) groups is 2. The summed E-state index contributed by atoms with van der Waals surface area (Å²) >= 11 is 1.35. The zero-order valence-corrected chi connectivity index (χ0v) is 15.8. The van der Waals surface area contributed by atoms with E-state index in [1.807, 2.05) is 6.07 Å². The number of amidine groups is 1. The maximum Gasteiger partial charge on any atom is 0.353 e. The lowest BCUT2D eigenvalue weighted by Crippen LogP contribution is -2.36. The third-order valence-electron chi connectivity index (χ3n) is 4.43. The lowest BCUT2D eigenvalue weighted by Gasteiger charge is -2.21. The number of nitrogen functional groups attached to an aromatic ring is 1. The molecular weight excluding hydrogens is 366 g/mol. The smallest absolute Gasteiger partial charge is 0.353 e. The number of nitrogens with one attached hydrogen (secondary N) is 1. The highest BCUT2D eigenvalue weighted by molar-refractivity contribution is 7.13. The van der Waals surface area contributed by atoms with E-state index in [2.05, 4.69) is 4.90 Å². The third kappa shape index (κ3) is 4.53. The van der Waals surface area contributed by atoms with Crippen molar-refractivity contribution in [1.29, 1.82) is 5.41 Å². The van der Waals surface area contributed by atoms with Gasteiger partial charge < -0.3 is 15.2 Å². The fraction of sp³-hybridized carbons (Fsp3) is 0.316. The minimum Gasteiger partial charge on any atom is -0.468 e. The highest BCUT2D eigenvalue weighted by atomic mass is 32.1. The van der Waals surface area contributed by atoms with Gasteiger partial charge in [-0.15, -0.1) is 11.3 Å². The predicted molar refractivity (Wildman–Crippen MR) is 102 cm³/mol. The van der Waals surface area contributed by atoms with Crippen molar-refractivity contribution in [3.05, 3.63) is 51.7 Å². The van der Waals surface area contributed by atoms with E-state index >= 15 is 0 Å². The zero-order chi connectivity index (χ0) is 19.4. The molecule has 0 amide bonds. The van der Waals surface area contributed by atoms with Crippen LogP contribution in [0.3, 0.4) is 0 Å². The molecule has 0 saturated carbocycles. The molecule has 8 heteroatoms. The first-order chi connectivity index (χ1) is 13.0. The number of likely N-dealkylation sites (tertiary alicyclic amines) is 1. The lowest BCUT2D eigenvalue weighted by atomic mass is 10.2. The number of esters is 2. The Morgan fingerprint density at radius 2 is 2.00 bits per heavy atom. The summed E-state index contributed by atoms with van der Waals surface area (Å²) in [6.45, 7) is 1.44. The number of thiophene rings is 1. The minimum atomic E-state index is -0.437. The summed E-state index contributed by atoms with van der Waals surface area (Å²) in [7, 11) is 1.40. The van der Waals surface area contributed by atoms with Gasteiger partial charge in [0.1, 0.15) is 22.5 Å². The maximum absolute atomic E-state index is 12.3. The molecule has 1 saturated heterocycles. The highest BCUT2D eigenvalue weighted by Crippen LogP contribution is 2.25. The van der Waals surface area contributed by atoms with Gasteiger partial charge in [-0.25, -0.2) is 4.79 Å². The van der Waals surface area contributed by atoms with Gasteiger partial charge in [-0.2, -0.15) is 0 Å². The maximum atomic E-state index is 12.3. The summed E-state index contributed by atoms with van der Waals surface area (Å²) in [5, 5.41) is 7.37. The molecule has 2 heterocycles. The van der Waals surface area contributed by atoms with Gasteiger partial charge in [-0.1, -0.05) is 0 Å². The molecule has 1 aliphatic heterocycles. The second kappa shape index (κ2) is 8.32. The summed E-state index contributed by atoms with van der Waals surface area (Å²) in [6.07, 6.45) is 1.75. The van der Waals surface area contributed by atoms with Crippen LogP contribution in [0.2, 0.25) is 0 Å². The molecule has 0 unspecified atom stereocenters. The van der Waals surface area contributed by atoms with E-state index in [1.54, 1.807) is 30.3 Å². The molecule has 1 atom stereocenters. The number of benzene rings is 1. The molecule has 0 spiro atoms. The highest BCUT2D eigenvalue weighted by Gasteiger charge is 2.31. The normalized spacial score (nSPS) is 16.9. The predicted octanol–water partition coefficient (Wildman–Crippen LogP) is 2.39. The fourth-order valence-electron chi connectivity index (χ4n) is 3.05. The molecule has 1 fully saturated rings. The second-order valence-electron chi connectivity index (χ2n) is 6.25. The Bertz CT molecular complexity index is 847. The molecule has 1 aromatic heterocycles. The molecule has 0 aliphatic carbocycles. The average molecular weight is 387 g/mol. The molecule has 0 radical (unpaired) electrons. The van der Waals surface area contributed by atoms with Crippen LogP contribution >= 0.6 is 11.3 Å². The van der Waals surface area contributed by atoms with E-state index in [4.69, 9.17) is 20.6 Å². The second-order valence-corrected chi connectivity index (χ2v) is 7.41. The third-order valence-corrected chi connectivity index (χ3v) is 5.48. The van der Waals surface area contributed by atoms with Crippen LogP contribution in [0.15, 0.2) is 36.4 Å². The first-order valence-corrected chi connectivity index (χ1v) is 9.37. The minimum absolute atomic E-state index is 0.0389. The molecular formula is C19H21N3O4S. The van der Waals surface area contributed by atoms with Crippen LogP contribution < -0.4 is 10.5 Å². The Morgan fingerprint density at radius 1 is 1.26 bits per heavy atom. The number of carbonyl (C=O) groups excluding carboxylic acids is 2. The number of methoxy groups -OCH3 is 1. The Balaban J connectivity index is 1.62. The van der Waals surface area contributed by atoms with Crippen molar-refractivity contribution in [3.63, 3.8) is 0 Å². The monoisotopic (exact) mass is 387 g/mol. The van der Waals surface area contributed by atoms with Gasteiger partial charge in [0.2, 0.25) is 0 Å². The summed E-state index contributed by atoms with van der Waals surface area (Å²) in [5.41, 5.74) is 5.98. The Kier molecular flexibility index (Phi) is 5.88. The van der Waals surface area contributed by atoms with Crippen molar-refractivity contribution in [2.24, 2.45) is 5.73 Å². The standard InChI is InChI=1S/C19H21N3O4S/c1-25-18(23)15-3-2-10-22(15)11-14-8-9-16(27-14)19(24)26-13-6-4-12(5-7-13)17(20)21/h4-9,15H,2-3,10-11H2,1H3,(H3,20,21)/t15-/m0/s1.